The number of rotatable bonds is 3. The maximum Gasteiger partial charge on any atom is 0.117 e. The van der Waals surface area contributed by atoms with Crippen molar-refractivity contribution in [1.82, 2.24) is 9.80 Å². The van der Waals surface area contributed by atoms with Gasteiger partial charge < -0.3 is 9.47 Å². The molecule has 0 aromatic carbocycles. The predicted molar refractivity (Wildman–Crippen MR) is 85.8 cm³/mol. The molecular formula is C16H26N2O2S. The maximum atomic E-state index is 6.21. The van der Waals surface area contributed by atoms with Crippen molar-refractivity contribution in [3.05, 3.63) is 22.4 Å². The summed E-state index contributed by atoms with van der Waals surface area (Å²) in [4.78, 5) is 5.00. The lowest BCUT2D eigenvalue weighted by molar-refractivity contribution is -0.144. The zero-order chi connectivity index (χ0) is 14.7. The molecule has 2 aliphatic heterocycles. The molecule has 4 nitrogen and oxygen atoms in total. The average molecular weight is 310 g/mol. The van der Waals surface area contributed by atoms with E-state index in [1.807, 2.05) is 0 Å². The number of thiophene rings is 1. The molecule has 118 valence electrons. The van der Waals surface area contributed by atoms with Crippen LogP contribution in [0.1, 0.15) is 19.4 Å². The minimum absolute atomic E-state index is 0.158. The topological polar surface area (TPSA) is 24.9 Å². The van der Waals surface area contributed by atoms with Crippen LogP contribution in [0.2, 0.25) is 0 Å². The molecule has 0 unspecified atom stereocenters. The molecule has 2 saturated heterocycles. The largest absolute Gasteiger partial charge is 0.377 e. The van der Waals surface area contributed by atoms with E-state index in [1.54, 1.807) is 11.3 Å². The zero-order valence-electron chi connectivity index (χ0n) is 13.1. The first-order valence-corrected chi connectivity index (χ1v) is 8.80. The molecule has 0 amide bonds. The van der Waals surface area contributed by atoms with Crippen molar-refractivity contribution in [2.45, 2.75) is 32.0 Å². The van der Waals surface area contributed by atoms with Crippen LogP contribution in [-0.2, 0) is 16.0 Å². The van der Waals surface area contributed by atoms with Gasteiger partial charge in [-0.1, -0.05) is 0 Å². The molecule has 1 aromatic heterocycles. The first-order valence-electron chi connectivity index (χ1n) is 7.86. The Balaban J connectivity index is 1.67. The molecule has 2 fully saturated rings. The monoisotopic (exact) mass is 310 g/mol. The lowest BCUT2D eigenvalue weighted by Gasteiger charge is -2.44. The third kappa shape index (κ3) is 3.85. The van der Waals surface area contributed by atoms with Gasteiger partial charge in [0.2, 0.25) is 0 Å². The number of ether oxygens (including phenoxy) is 2. The highest BCUT2D eigenvalue weighted by molar-refractivity contribution is 7.07. The van der Waals surface area contributed by atoms with E-state index in [4.69, 9.17) is 9.47 Å². The molecule has 0 N–H and O–H groups in total. The van der Waals surface area contributed by atoms with Gasteiger partial charge in [0.05, 0.1) is 19.8 Å². The summed E-state index contributed by atoms with van der Waals surface area (Å²) < 4.78 is 12.1. The Morgan fingerprint density at radius 2 is 2.19 bits per heavy atom. The van der Waals surface area contributed by atoms with Crippen LogP contribution in [-0.4, -0.2) is 67.4 Å². The van der Waals surface area contributed by atoms with Crippen molar-refractivity contribution in [2.75, 3.05) is 46.0 Å². The number of hydrogen-bond donors (Lipinski definition) is 0. The normalized spacial score (nSPS) is 29.1. The van der Waals surface area contributed by atoms with E-state index in [2.05, 4.69) is 40.5 Å². The Morgan fingerprint density at radius 3 is 2.95 bits per heavy atom. The minimum Gasteiger partial charge on any atom is -0.377 e. The highest BCUT2D eigenvalue weighted by atomic mass is 32.1. The Kier molecular flexibility index (Phi) is 4.96. The summed E-state index contributed by atoms with van der Waals surface area (Å²) in [6.07, 6.45) is 0. The Labute approximate surface area is 131 Å². The Hall–Kier alpha value is -0.460. The highest BCUT2D eigenvalue weighted by Crippen LogP contribution is 2.25. The lowest BCUT2D eigenvalue weighted by Crippen LogP contribution is -2.59. The van der Waals surface area contributed by atoms with Crippen LogP contribution in [0, 0.1) is 0 Å². The van der Waals surface area contributed by atoms with Gasteiger partial charge in [0, 0.05) is 38.8 Å². The molecule has 1 atom stereocenters. The lowest BCUT2D eigenvalue weighted by atomic mass is 10.0. The van der Waals surface area contributed by atoms with E-state index < -0.39 is 0 Å². The van der Waals surface area contributed by atoms with Gasteiger partial charge in [-0.3, -0.25) is 9.80 Å². The van der Waals surface area contributed by atoms with Crippen molar-refractivity contribution < 1.29 is 9.47 Å². The fourth-order valence-corrected chi connectivity index (χ4v) is 3.92. The van der Waals surface area contributed by atoms with Gasteiger partial charge in [-0.05, 0) is 36.2 Å². The van der Waals surface area contributed by atoms with Gasteiger partial charge in [0.25, 0.3) is 0 Å². The summed E-state index contributed by atoms with van der Waals surface area (Å²) in [7, 11) is 0. The first kappa shape index (κ1) is 15.4. The summed E-state index contributed by atoms with van der Waals surface area (Å²) in [6.45, 7) is 11.8. The van der Waals surface area contributed by atoms with E-state index in [-0.39, 0.29) is 5.60 Å². The molecule has 3 rings (SSSR count). The SMILES string of the molecule is CC(C)N1CCOC[C@@]2(CN(Cc3ccsc3)CCO2)C1. The summed E-state index contributed by atoms with van der Waals surface area (Å²) in [5.41, 5.74) is 1.25. The van der Waals surface area contributed by atoms with Crippen LogP contribution in [0.4, 0.5) is 0 Å². The molecule has 21 heavy (non-hydrogen) atoms. The second kappa shape index (κ2) is 6.75. The van der Waals surface area contributed by atoms with E-state index in [0.717, 1.165) is 52.5 Å². The quantitative estimate of drug-likeness (QED) is 0.853. The fourth-order valence-electron chi connectivity index (χ4n) is 3.26. The van der Waals surface area contributed by atoms with Crippen molar-refractivity contribution in [2.24, 2.45) is 0 Å². The molecule has 2 aliphatic rings. The van der Waals surface area contributed by atoms with Crippen molar-refractivity contribution in [3.63, 3.8) is 0 Å². The van der Waals surface area contributed by atoms with Crippen LogP contribution in [0.5, 0.6) is 0 Å². The maximum absolute atomic E-state index is 6.21. The Morgan fingerprint density at radius 1 is 1.29 bits per heavy atom. The first-order chi connectivity index (χ1) is 10.2. The highest BCUT2D eigenvalue weighted by Gasteiger charge is 2.40. The van der Waals surface area contributed by atoms with Crippen LogP contribution in [0.3, 0.4) is 0 Å². The molecule has 0 radical (unpaired) electrons. The van der Waals surface area contributed by atoms with E-state index in [1.165, 1.54) is 5.56 Å². The number of morpholine rings is 1. The van der Waals surface area contributed by atoms with Gasteiger partial charge in [0.1, 0.15) is 5.60 Å². The molecular weight excluding hydrogens is 284 g/mol. The van der Waals surface area contributed by atoms with Gasteiger partial charge >= 0.3 is 0 Å². The second-order valence-corrected chi connectivity index (χ2v) is 7.27. The number of hydrogen-bond acceptors (Lipinski definition) is 5. The second-order valence-electron chi connectivity index (χ2n) is 6.49. The van der Waals surface area contributed by atoms with Crippen LogP contribution in [0.25, 0.3) is 0 Å². The summed E-state index contributed by atoms with van der Waals surface area (Å²) in [5, 5.41) is 4.40. The van der Waals surface area contributed by atoms with Gasteiger partial charge in [-0.2, -0.15) is 11.3 Å². The zero-order valence-corrected chi connectivity index (χ0v) is 13.9. The van der Waals surface area contributed by atoms with Crippen molar-refractivity contribution in [3.8, 4) is 0 Å². The predicted octanol–water partition coefficient (Wildman–Crippen LogP) is 2.06. The van der Waals surface area contributed by atoms with Crippen molar-refractivity contribution in [1.29, 1.82) is 0 Å². The molecule has 0 saturated carbocycles. The molecule has 5 heteroatoms. The summed E-state index contributed by atoms with van der Waals surface area (Å²) in [5.74, 6) is 0. The smallest absolute Gasteiger partial charge is 0.117 e. The summed E-state index contributed by atoms with van der Waals surface area (Å²) >= 11 is 1.77. The molecule has 0 bridgehead atoms. The van der Waals surface area contributed by atoms with Gasteiger partial charge in [-0.15, -0.1) is 0 Å². The van der Waals surface area contributed by atoms with Gasteiger partial charge in [-0.25, -0.2) is 0 Å². The average Bonchev–Trinajstić information content (AvgIpc) is 2.87. The van der Waals surface area contributed by atoms with Gasteiger partial charge in [0.15, 0.2) is 0 Å². The van der Waals surface area contributed by atoms with Crippen LogP contribution < -0.4 is 0 Å². The third-order valence-electron chi connectivity index (χ3n) is 4.42. The standard InChI is InChI=1S/C16H26N2O2S/c1-14(2)18-5-6-19-13-16(12-18)11-17(4-7-20-16)9-15-3-8-21-10-15/h3,8,10,14H,4-7,9,11-13H2,1-2H3/t16-/m1/s1. The molecule has 1 aromatic rings. The van der Waals surface area contributed by atoms with E-state index >= 15 is 0 Å². The molecule has 1 spiro atoms. The van der Waals surface area contributed by atoms with Crippen molar-refractivity contribution >= 4 is 11.3 Å². The Bertz CT molecular complexity index is 437. The fraction of sp³-hybridized carbons (Fsp3) is 0.750. The minimum atomic E-state index is -0.158. The van der Waals surface area contributed by atoms with E-state index in [9.17, 15) is 0 Å². The third-order valence-corrected chi connectivity index (χ3v) is 5.16. The molecule has 0 aliphatic carbocycles. The molecule has 3 heterocycles. The summed E-state index contributed by atoms with van der Waals surface area (Å²) in [6, 6.07) is 2.76. The van der Waals surface area contributed by atoms with Crippen LogP contribution >= 0.6 is 11.3 Å². The number of nitrogens with zero attached hydrogens (tertiary/aromatic N) is 2. The van der Waals surface area contributed by atoms with E-state index in [0.29, 0.717) is 6.04 Å². The van der Waals surface area contributed by atoms with Crippen LogP contribution in [0.15, 0.2) is 16.8 Å².